The molecule has 0 aliphatic carbocycles. The molecule has 6 nitrogen and oxygen atoms in total. The number of benzene rings is 1. The Hall–Kier alpha value is -2.39. The smallest absolute Gasteiger partial charge is 0.338 e. The summed E-state index contributed by atoms with van der Waals surface area (Å²) in [6, 6.07) is 8.03. The van der Waals surface area contributed by atoms with Gasteiger partial charge in [0.25, 0.3) is 5.91 Å². The summed E-state index contributed by atoms with van der Waals surface area (Å²) in [6.07, 6.45) is -0.00284. The lowest BCUT2D eigenvalue weighted by atomic mass is 10.1. The van der Waals surface area contributed by atoms with E-state index >= 15 is 0 Å². The first-order valence-electron chi connectivity index (χ1n) is 6.67. The number of carbonyl (C=O) groups excluding carboxylic acids is 2. The Kier molecular flexibility index (Phi) is 4.90. The highest BCUT2D eigenvalue weighted by Crippen LogP contribution is 2.07. The molecule has 1 aliphatic rings. The summed E-state index contributed by atoms with van der Waals surface area (Å²) in [5.41, 5.74) is 0.780. The Morgan fingerprint density at radius 2 is 2.14 bits per heavy atom. The second kappa shape index (κ2) is 6.86. The van der Waals surface area contributed by atoms with E-state index in [2.05, 4.69) is 0 Å². The van der Waals surface area contributed by atoms with Crippen molar-refractivity contribution in [2.24, 2.45) is 0 Å². The summed E-state index contributed by atoms with van der Waals surface area (Å²) in [6.45, 7) is 3.12. The molecule has 110 valence electrons. The SMILES string of the molecule is C[C@H]1CN(C(=O)COC(=O)c2ccc(C#N)cc2)CCO1. The molecule has 1 saturated heterocycles. The maximum Gasteiger partial charge on any atom is 0.338 e. The summed E-state index contributed by atoms with van der Waals surface area (Å²) >= 11 is 0. The molecule has 1 fully saturated rings. The normalized spacial score (nSPS) is 17.9. The molecule has 0 bridgehead atoms. The molecule has 1 atom stereocenters. The molecule has 1 aromatic rings. The average Bonchev–Trinajstić information content (AvgIpc) is 2.52. The Morgan fingerprint density at radius 1 is 1.43 bits per heavy atom. The molecule has 0 aromatic heterocycles. The molecule has 0 N–H and O–H groups in total. The predicted octanol–water partition coefficient (Wildman–Crippen LogP) is 0.962. The highest BCUT2D eigenvalue weighted by Gasteiger charge is 2.22. The van der Waals surface area contributed by atoms with Gasteiger partial charge >= 0.3 is 5.97 Å². The molecule has 0 spiro atoms. The van der Waals surface area contributed by atoms with Crippen LogP contribution < -0.4 is 0 Å². The van der Waals surface area contributed by atoms with Gasteiger partial charge in [-0.2, -0.15) is 5.26 Å². The number of amides is 1. The topological polar surface area (TPSA) is 79.6 Å². The molecule has 21 heavy (non-hydrogen) atoms. The molecular weight excluding hydrogens is 272 g/mol. The van der Waals surface area contributed by atoms with Gasteiger partial charge in [0.1, 0.15) is 0 Å². The Morgan fingerprint density at radius 3 is 2.76 bits per heavy atom. The van der Waals surface area contributed by atoms with Crippen molar-refractivity contribution in [1.82, 2.24) is 4.90 Å². The van der Waals surface area contributed by atoms with Gasteiger partial charge in [-0.05, 0) is 31.2 Å². The Balaban J connectivity index is 1.85. The predicted molar refractivity (Wildman–Crippen MR) is 73.4 cm³/mol. The molecule has 0 saturated carbocycles. The van der Waals surface area contributed by atoms with Gasteiger partial charge in [-0.1, -0.05) is 0 Å². The minimum atomic E-state index is -0.575. The molecule has 6 heteroatoms. The zero-order valence-electron chi connectivity index (χ0n) is 11.7. The number of carbonyl (C=O) groups is 2. The second-order valence-corrected chi connectivity index (χ2v) is 4.79. The van der Waals surface area contributed by atoms with Crippen molar-refractivity contribution in [1.29, 1.82) is 5.26 Å². The first-order valence-corrected chi connectivity index (χ1v) is 6.67. The van der Waals surface area contributed by atoms with E-state index in [1.807, 2.05) is 13.0 Å². The minimum Gasteiger partial charge on any atom is -0.452 e. The van der Waals surface area contributed by atoms with E-state index in [4.69, 9.17) is 14.7 Å². The van der Waals surface area contributed by atoms with Gasteiger partial charge in [-0.15, -0.1) is 0 Å². The maximum atomic E-state index is 11.9. The third-order valence-electron chi connectivity index (χ3n) is 3.17. The van der Waals surface area contributed by atoms with Crippen molar-refractivity contribution in [2.75, 3.05) is 26.3 Å². The molecule has 1 heterocycles. The van der Waals surface area contributed by atoms with Gasteiger partial charge in [-0.3, -0.25) is 4.79 Å². The van der Waals surface area contributed by atoms with Gasteiger partial charge in [-0.25, -0.2) is 4.79 Å². The molecular formula is C15H16N2O4. The van der Waals surface area contributed by atoms with E-state index in [0.29, 0.717) is 30.8 Å². The van der Waals surface area contributed by atoms with E-state index in [0.717, 1.165) is 0 Å². The first-order chi connectivity index (χ1) is 10.1. The standard InChI is InChI=1S/C15H16N2O4/c1-11-9-17(6-7-20-11)14(18)10-21-15(19)13-4-2-12(8-16)3-5-13/h2-5,11H,6-7,9-10H2,1H3/t11-/m0/s1. The lowest BCUT2D eigenvalue weighted by Gasteiger charge is -2.30. The summed E-state index contributed by atoms with van der Waals surface area (Å²) < 4.78 is 10.3. The summed E-state index contributed by atoms with van der Waals surface area (Å²) in [5, 5.41) is 8.68. The first kappa shape index (κ1) is 15.0. The van der Waals surface area contributed by atoms with Crippen molar-refractivity contribution < 1.29 is 19.1 Å². The van der Waals surface area contributed by atoms with Crippen LogP contribution in [0.5, 0.6) is 0 Å². The number of morpholine rings is 1. The molecule has 1 aliphatic heterocycles. The largest absolute Gasteiger partial charge is 0.452 e. The molecule has 1 aromatic carbocycles. The third kappa shape index (κ3) is 4.04. The monoisotopic (exact) mass is 288 g/mol. The Bertz CT molecular complexity index is 562. The van der Waals surface area contributed by atoms with Crippen LogP contribution >= 0.6 is 0 Å². The second-order valence-electron chi connectivity index (χ2n) is 4.79. The summed E-state index contributed by atoms with van der Waals surface area (Å²) in [5.74, 6) is -0.804. The summed E-state index contributed by atoms with van der Waals surface area (Å²) in [7, 11) is 0. The zero-order chi connectivity index (χ0) is 15.2. The van der Waals surface area contributed by atoms with Crippen LogP contribution in [0.3, 0.4) is 0 Å². The quantitative estimate of drug-likeness (QED) is 0.774. The number of rotatable bonds is 3. The Labute approximate surface area is 122 Å². The van der Waals surface area contributed by atoms with Crippen molar-refractivity contribution in [3.05, 3.63) is 35.4 Å². The summed E-state index contributed by atoms with van der Waals surface area (Å²) in [4.78, 5) is 25.4. The molecule has 2 rings (SSSR count). The lowest BCUT2D eigenvalue weighted by Crippen LogP contribution is -2.46. The van der Waals surface area contributed by atoms with Gasteiger partial charge < -0.3 is 14.4 Å². The van der Waals surface area contributed by atoms with Crippen LogP contribution in [0.25, 0.3) is 0 Å². The highest BCUT2D eigenvalue weighted by atomic mass is 16.5. The zero-order valence-corrected chi connectivity index (χ0v) is 11.7. The molecule has 1 amide bonds. The minimum absolute atomic E-state index is 0.00284. The van der Waals surface area contributed by atoms with E-state index < -0.39 is 5.97 Å². The maximum absolute atomic E-state index is 11.9. The van der Waals surface area contributed by atoms with Crippen LogP contribution in [-0.2, 0) is 14.3 Å². The van der Waals surface area contributed by atoms with E-state index in [1.54, 1.807) is 4.90 Å². The fourth-order valence-electron chi connectivity index (χ4n) is 2.03. The van der Waals surface area contributed by atoms with Crippen molar-refractivity contribution in [3.63, 3.8) is 0 Å². The number of nitriles is 1. The molecule has 0 unspecified atom stereocenters. The van der Waals surface area contributed by atoms with Gasteiger partial charge in [0.15, 0.2) is 6.61 Å². The van der Waals surface area contributed by atoms with Crippen LogP contribution in [0.1, 0.15) is 22.8 Å². The van der Waals surface area contributed by atoms with E-state index in [9.17, 15) is 9.59 Å². The van der Waals surface area contributed by atoms with Crippen LogP contribution in [-0.4, -0.2) is 49.2 Å². The molecule has 0 radical (unpaired) electrons. The van der Waals surface area contributed by atoms with Crippen molar-refractivity contribution >= 4 is 11.9 Å². The number of nitrogens with zero attached hydrogens (tertiary/aromatic N) is 2. The number of esters is 1. The van der Waals surface area contributed by atoms with Crippen LogP contribution in [0.15, 0.2) is 24.3 Å². The third-order valence-corrected chi connectivity index (χ3v) is 3.17. The fourth-order valence-corrected chi connectivity index (χ4v) is 2.03. The van der Waals surface area contributed by atoms with E-state index in [1.165, 1.54) is 24.3 Å². The van der Waals surface area contributed by atoms with Crippen LogP contribution in [0, 0.1) is 11.3 Å². The van der Waals surface area contributed by atoms with Gasteiger partial charge in [0, 0.05) is 13.1 Å². The number of hydrogen-bond acceptors (Lipinski definition) is 5. The lowest BCUT2D eigenvalue weighted by molar-refractivity contribution is -0.141. The highest BCUT2D eigenvalue weighted by molar-refractivity contribution is 5.91. The number of ether oxygens (including phenoxy) is 2. The average molecular weight is 288 g/mol. The number of hydrogen-bond donors (Lipinski definition) is 0. The van der Waals surface area contributed by atoms with Crippen LogP contribution in [0.4, 0.5) is 0 Å². The van der Waals surface area contributed by atoms with Crippen molar-refractivity contribution in [2.45, 2.75) is 13.0 Å². The van der Waals surface area contributed by atoms with Gasteiger partial charge in [0.2, 0.25) is 0 Å². The fraction of sp³-hybridized carbons (Fsp3) is 0.400. The van der Waals surface area contributed by atoms with Crippen LogP contribution in [0.2, 0.25) is 0 Å². The van der Waals surface area contributed by atoms with Crippen molar-refractivity contribution in [3.8, 4) is 6.07 Å². The van der Waals surface area contributed by atoms with Gasteiger partial charge in [0.05, 0.1) is 29.9 Å². The van der Waals surface area contributed by atoms with E-state index in [-0.39, 0.29) is 18.6 Å².